The quantitative estimate of drug-likeness (QED) is 0.404. The number of carboxylic acids is 1. The molecule has 3 N–H and O–H groups in total. The summed E-state index contributed by atoms with van der Waals surface area (Å²) in [6, 6.07) is 13.4. The number of nitrogens with zero attached hydrogens (tertiary/aromatic N) is 2. The third-order valence-corrected chi connectivity index (χ3v) is 7.13. The second-order valence-corrected chi connectivity index (χ2v) is 11.2. The molecular formula is C22H24N4O5S2. The van der Waals surface area contributed by atoms with Crippen molar-refractivity contribution in [3.05, 3.63) is 59.7 Å². The van der Waals surface area contributed by atoms with Gasteiger partial charge in [0, 0.05) is 5.69 Å². The van der Waals surface area contributed by atoms with Crippen LogP contribution in [0.4, 0.5) is 5.69 Å². The molecule has 0 aliphatic carbocycles. The molecule has 1 unspecified atom stereocenters. The van der Waals surface area contributed by atoms with Gasteiger partial charge in [-0.15, -0.1) is 5.10 Å². The Labute approximate surface area is 196 Å². The molecule has 1 heterocycles. The number of hydrogen-bond acceptors (Lipinski definition) is 7. The standard InChI is InChI=1S/C22H24N4O5S2/c1-22(2,3)15-7-9-17(10-8-15)33(30,31)26-16-6-4-5-14(11-16)13-23-25-21-24-20(29)18(32-21)12-19(27)28/h4-11,13,18,26H,12H2,1-3H3,(H,27,28)(H,24,25,29). The highest BCUT2D eigenvalue weighted by atomic mass is 32.2. The molecule has 33 heavy (non-hydrogen) atoms. The van der Waals surface area contributed by atoms with E-state index in [1.165, 1.54) is 6.21 Å². The minimum Gasteiger partial charge on any atom is -0.481 e. The molecule has 2 aromatic carbocycles. The number of sulfonamides is 1. The average Bonchev–Trinajstić information content (AvgIpc) is 3.06. The Balaban J connectivity index is 1.68. The average molecular weight is 489 g/mol. The summed E-state index contributed by atoms with van der Waals surface area (Å²) in [5.74, 6) is -1.50. The minimum absolute atomic E-state index is 0.0797. The number of thioether (sulfide) groups is 1. The van der Waals surface area contributed by atoms with Crippen molar-refractivity contribution in [3.63, 3.8) is 0 Å². The lowest BCUT2D eigenvalue weighted by Gasteiger charge is -2.19. The highest BCUT2D eigenvalue weighted by molar-refractivity contribution is 8.15. The number of anilines is 1. The van der Waals surface area contributed by atoms with E-state index in [1.807, 2.05) is 0 Å². The zero-order valence-corrected chi connectivity index (χ0v) is 19.9. The molecule has 9 nitrogen and oxygen atoms in total. The molecule has 1 fully saturated rings. The van der Waals surface area contributed by atoms with Gasteiger partial charge < -0.3 is 10.4 Å². The number of carboxylic acid groups (broad SMARTS) is 1. The summed E-state index contributed by atoms with van der Waals surface area (Å²) in [6.07, 6.45) is 1.10. The van der Waals surface area contributed by atoms with Gasteiger partial charge in [0.2, 0.25) is 5.91 Å². The van der Waals surface area contributed by atoms with Gasteiger partial charge in [-0.25, -0.2) is 8.42 Å². The number of aliphatic carboxylic acids is 1. The van der Waals surface area contributed by atoms with Gasteiger partial charge in [-0.2, -0.15) is 5.10 Å². The Morgan fingerprint density at radius 2 is 1.91 bits per heavy atom. The van der Waals surface area contributed by atoms with Crippen LogP contribution in [0.15, 0.2) is 63.6 Å². The van der Waals surface area contributed by atoms with Gasteiger partial charge in [0.25, 0.3) is 10.0 Å². The van der Waals surface area contributed by atoms with Crippen LogP contribution >= 0.6 is 11.8 Å². The van der Waals surface area contributed by atoms with Crippen molar-refractivity contribution in [2.24, 2.45) is 10.2 Å². The topological polar surface area (TPSA) is 137 Å². The fraction of sp³-hybridized carbons (Fsp3) is 0.273. The van der Waals surface area contributed by atoms with Crippen molar-refractivity contribution >= 4 is 50.7 Å². The predicted octanol–water partition coefficient (Wildman–Crippen LogP) is 3.18. The summed E-state index contributed by atoms with van der Waals surface area (Å²) >= 11 is 0.996. The maximum absolute atomic E-state index is 12.7. The first-order valence-electron chi connectivity index (χ1n) is 9.98. The molecular weight excluding hydrogens is 464 g/mol. The fourth-order valence-corrected chi connectivity index (χ4v) is 4.89. The molecule has 1 atom stereocenters. The van der Waals surface area contributed by atoms with E-state index in [0.29, 0.717) is 11.3 Å². The fourth-order valence-electron chi connectivity index (χ4n) is 2.92. The van der Waals surface area contributed by atoms with Crippen molar-refractivity contribution in [2.45, 2.75) is 42.8 Å². The van der Waals surface area contributed by atoms with E-state index in [4.69, 9.17) is 5.11 Å². The Morgan fingerprint density at radius 1 is 1.21 bits per heavy atom. The van der Waals surface area contributed by atoms with Gasteiger partial charge >= 0.3 is 5.97 Å². The molecule has 1 saturated heterocycles. The molecule has 2 aromatic rings. The van der Waals surface area contributed by atoms with E-state index in [-0.39, 0.29) is 21.9 Å². The van der Waals surface area contributed by atoms with Crippen molar-refractivity contribution < 1.29 is 23.1 Å². The minimum atomic E-state index is -3.77. The number of amides is 1. The summed E-state index contributed by atoms with van der Waals surface area (Å²) in [7, 11) is -3.77. The Bertz CT molecular complexity index is 1220. The molecule has 0 spiro atoms. The van der Waals surface area contributed by atoms with Crippen LogP contribution in [0.2, 0.25) is 0 Å². The number of rotatable bonds is 7. The predicted molar refractivity (Wildman–Crippen MR) is 129 cm³/mol. The summed E-state index contributed by atoms with van der Waals surface area (Å²) in [4.78, 5) is 22.7. The number of carbonyl (C=O) groups excluding carboxylic acids is 1. The summed E-state index contributed by atoms with van der Waals surface area (Å²) in [5.41, 5.74) is 1.90. The first-order chi connectivity index (χ1) is 15.4. The molecule has 1 aliphatic heterocycles. The first kappa shape index (κ1) is 24.5. The van der Waals surface area contributed by atoms with Gasteiger partial charge in [0.1, 0.15) is 5.25 Å². The molecule has 11 heteroatoms. The lowest BCUT2D eigenvalue weighted by atomic mass is 9.87. The highest BCUT2D eigenvalue weighted by Gasteiger charge is 2.32. The number of nitrogens with one attached hydrogen (secondary N) is 2. The lowest BCUT2D eigenvalue weighted by Crippen LogP contribution is -2.26. The SMILES string of the molecule is CC(C)(C)c1ccc(S(=O)(=O)Nc2cccc(C=NN=C3NC(=O)C(CC(=O)O)S3)c2)cc1. The normalized spacial score (nSPS) is 18.0. The molecule has 1 amide bonds. The molecule has 0 aromatic heterocycles. The van der Waals surface area contributed by atoms with E-state index >= 15 is 0 Å². The summed E-state index contributed by atoms with van der Waals surface area (Å²) in [5, 5.41) is 18.5. The maximum Gasteiger partial charge on any atom is 0.305 e. The zero-order valence-electron chi connectivity index (χ0n) is 18.3. The Kier molecular flexibility index (Phi) is 7.23. The summed E-state index contributed by atoms with van der Waals surface area (Å²) in [6.45, 7) is 6.17. The van der Waals surface area contributed by atoms with Crippen molar-refractivity contribution in [1.29, 1.82) is 0 Å². The second-order valence-electron chi connectivity index (χ2n) is 8.35. The van der Waals surface area contributed by atoms with Crippen LogP contribution in [0.3, 0.4) is 0 Å². The van der Waals surface area contributed by atoms with E-state index in [0.717, 1.165) is 17.3 Å². The van der Waals surface area contributed by atoms with Crippen LogP contribution in [0, 0.1) is 0 Å². The molecule has 0 bridgehead atoms. The van der Waals surface area contributed by atoms with Gasteiger partial charge in [-0.05, 0) is 40.8 Å². The number of benzene rings is 2. The Morgan fingerprint density at radius 3 is 2.55 bits per heavy atom. The van der Waals surface area contributed by atoms with E-state index in [2.05, 4.69) is 41.0 Å². The van der Waals surface area contributed by atoms with Gasteiger partial charge in [0.05, 0.1) is 17.5 Å². The smallest absolute Gasteiger partial charge is 0.305 e. The third-order valence-electron chi connectivity index (χ3n) is 4.66. The van der Waals surface area contributed by atoms with Crippen LogP contribution < -0.4 is 10.0 Å². The van der Waals surface area contributed by atoms with Gasteiger partial charge in [0.15, 0.2) is 5.17 Å². The number of amidine groups is 1. The third kappa shape index (κ3) is 6.65. The van der Waals surface area contributed by atoms with E-state index in [9.17, 15) is 18.0 Å². The monoisotopic (exact) mass is 488 g/mol. The van der Waals surface area contributed by atoms with Crippen LogP contribution in [0.5, 0.6) is 0 Å². The van der Waals surface area contributed by atoms with Crippen LogP contribution in [0.25, 0.3) is 0 Å². The summed E-state index contributed by atoms with van der Waals surface area (Å²) < 4.78 is 28.0. The molecule has 0 saturated carbocycles. The van der Waals surface area contributed by atoms with Crippen LogP contribution in [0.1, 0.15) is 38.3 Å². The van der Waals surface area contributed by atoms with Crippen LogP contribution in [-0.2, 0) is 25.0 Å². The number of hydrogen-bond donors (Lipinski definition) is 3. The molecule has 0 radical (unpaired) electrons. The second kappa shape index (κ2) is 9.75. The Hall–Kier alpha value is -3.18. The zero-order chi connectivity index (χ0) is 24.2. The van der Waals surface area contributed by atoms with E-state index in [1.54, 1.807) is 48.5 Å². The first-order valence-corrected chi connectivity index (χ1v) is 12.3. The van der Waals surface area contributed by atoms with Crippen molar-refractivity contribution in [3.8, 4) is 0 Å². The molecule has 3 rings (SSSR count). The van der Waals surface area contributed by atoms with Crippen LogP contribution in [-0.4, -0.2) is 42.0 Å². The number of carbonyl (C=O) groups is 2. The maximum atomic E-state index is 12.7. The lowest BCUT2D eigenvalue weighted by molar-refractivity contribution is -0.138. The highest BCUT2D eigenvalue weighted by Crippen LogP contribution is 2.25. The molecule has 1 aliphatic rings. The van der Waals surface area contributed by atoms with E-state index < -0.39 is 27.1 Å². The van der Waals surface area contributed by atoms with Crippen molar-refractivity contribution in [2.75, 3.05) is 4.72 Å². The van der Waals surface area contributed by atoms with Gasteiger partial charge in [-0.3, -0.25) is 14.3 Å². The largest absolute Gasteiger partial charge is 0.481 e. The molecule has 174 valence electrons. The van der Waals surface area contributed by atoms with Crippen molar-refractivity contribution in [1.82, 2.24) is 5.32 Å². The van der Waals surface area contributed by atoms with Gasteiger partial charge in [-0.1, -0.05) is 56.8 Å².